The van der Waals surface area contributed by atoms with E-state index >= 15 is 0 Å². The van der Waals surface area contributed by atoms with Crippen molar-refractivity contribution in [2.45, 2.75) is 26.3 Å². The van der Waals surface area contributed by atoms with Gasteiger partial charge in [0, 0.05) is 25.8 Å². The van der Waals surface area contributed by atoms with Gasteiger partial charge in [-0.1, -0.05) is 12.1 Å². The maximum atomic E-state index is 12.6. The summed E-state index contributed by atoms with van der Waals surface area (Å²) in [6.07, 6.45) is 7.35. The average molecular weight is 335 g/mol. The van der Waals surface area contributed by atoms with Crippen LogP contribution in [0.2, 0.25) is 0 Å². The molecular weight excluding hydrogens is 314 g/mol. The fourth-order valence-corrected chi connectivity index (χ4v) is 3.46. The molecule has 1 aromatic carbocycles. The van der Waals surface area contributed by atoms with Crippen LogP contribution in [0.25, 0.3) is 10.9 Å². The molecule has 25 heavy (non-hydrogen) atoms. The Morgan fingerprint density at radius 2 is 1.96 bits per heavy atom. The number of nitrogens with zero attached hydrogens (tertiary/aromatic N) is 5. The average Bonchev–Trinajstić information content (AvgIpc) is 2.65. The summed E-state index contributed by atoms with van der Waals surface area (Å²) in [7, 11) is 0. The Balaban J connectivity index is 1.45. The minimum atomic E-state index is 0.0533. The largest absolute Gasteiger partial charge is 0.355 e. The molecule has 1 saturated heterocycles. The van der Waals surface area contributed by atoms with Crippen molar-refractivity contribution in [1.82, 2.24) is 19.5 Å². The minimum absolute atomic E-state index is 0.0533. The van der Waals surface area contributed by atoms with Crippen LogP contribution in [0.3, 0.4) is 0 Å². The Kier molecular flexibility index (Phi) is 4.17. The van der Waals surface area contributed by atoms with Crippen LogP contribution in [0, 0.1) is 12.8 Å². The monoisotopic (exact) mass is 335 g/mol. The van der Waals surface area contributed by atoms with Crippen molar-refractivity contribution in [3.05, 3.63) is 59.0 Å². The van der Waals surface area contributed by atoms with E-state index < -0.39 is 0 Å². The number of anilines is 1. The fourth-order valence-electron chi connectivity index (χ4n) is 3.46. The SMILES string of the molecule is Cc1cncc(N2CCC(Cn3cnc4ccccc4c3=O)CC2)n1. The molecule has 2 aromatic heterocycles. The number of piperidine rings is 1. The van der Waals surface area contributed by atoms with Gasteiger partial charge in [0.2, 0.25) is 0 Å². The van der Waals surface area contributed by atoms with E-state index in [0.717, 1.165) is 49.5 Å². The van der Waals surface area contributed by atoms with Gasteiger partial charge in [-0.15, -0.1) is 0 Å². The molecule has 0 radical (unpaired) electrons. The Morgan fingerprint density at radius 1 is 1.16 bits per heavy atom. The molecule has 0 aliphatic carbocycles. The summed E-state index contributed by atoms with van der Waals surface area (Å²) in [6, 6.07) is 7.52. The van der Waals surface area contributed by atoms with Crippen molar-refractivity contribution < 1.29 is 0 Å². The van der Waals surface area contributed by atoms with Crippen LogP contribution in [0.1, 0.15) is 18.5 Å². The van der Waals surface area contributed by atoms with E-state index in [4.69, 9.17) is 0 Å². The van der Waals surface area contributed by atoms with Crippen molar-refractivity contribution in [1.29, 1.82) is 0 Å². The lowest BCUT2D eigenvalue weighted by molar-refractivity contribution is 0.351. The number of benzene rings is 1. The van der Waals surface area contributed by atoms with E-state index in [1.807, 2.05) is 37.4 Å². The van der Waals surface area contributed by atoms with E-state index in [-0.39, 0.29) is 5.56 Å². The molecule has 0 amide bonds. The van der Waals surface area contributed by atoms with Gasteiger partial charge in [-0.3, -0.25) is 14.3 Å². The van der Waals surface area contributed by atoms with Crippen molar-refractivity contribution >= 4 is 16.7 Å². The van der Waals surface area contributed by atoms with Gasteiger partial charge in [-0.2, -0.15) is 0 Å². The fraction of sp³-hybridized carbons (Fsp3) is 0.368. The highest BCUT2D eigenvalue weighted by Crippen LogP contribution is 2.22. The molecule has 0 N–H and O–H groups in total. The lowest BCUT2D eigenvalue weighted by Crippen LogP contribution is -2.37. The molecule has 3 aromatic rings. The quantitative estimate of drug-likeness (QED) is 0.735. The zero-order valence-electron chi connectivity index (χ0n) is 14.3. The predicted octanol–water partition coefficient (Wildman–Crippen LogP) is 2.41. The highest BCUT2D eigenvalue weighted by molar-refractivity contribution is 5.76. The van der Waals surface area contributed by atoms with E-state index in [1.165, 1.54) is 0 Å². The Hall–Kier alpha value is -2.76. The maximum Gasteiger partial charge on any atom is 0.261 e. The van der Waals surface area contributed by atoms with Crippen LogP contribution in [-0.4, -0.2) is 32.6 Å². The number of rotatable bonds is 3. The third-order valence-electron chi connectivity index (χ3n) is 4.87. The maximum absolute atomic E-state index is 12.6. The zero-order valence-corrected chi connectivity index (χ0v) is 14.3. The van der Waals surface area contributed by atoms with Crippen molar-refractivity contribution in [2.24, 2.45) is 5.92 Å². The molecule has 1 aliphatic heterocycles. The van der Waals surface area contributed by atoms with Crippen LogP contribution in [0.5, 0.6) is 0 Å². The summed E-state index contributed by atoms with van der Waals surface area (Å²) in [5.74, 6) is 1.43. The standard InChI is InChI=1S/C19H21N5O/c1-14-10-20-11-18(22-14)23-8-6-15(7-9-23)12-24-13-21-17-5-3-2-4-16(17)19(24)25/h2-5,10-11,13,15H,6-9,12H2,1H3. The molecule has 6 nitrogen and oxygen atoms in total. The number of aryl methyl sites for hydroxylation is 1. The second-order valence-corrected chi connectivity index (χ2v) is 6.67. The van der Waals surface area contributed by atoms with Gasteiger partial charge in [0.1, 0.15) is 5.82 Å². The number of hydrogen-bond acceptors (Lipinski definition) is 5. The molecule has 1 fully saturated rings. The molecule has 0 spiro atoms. The van der Waals surface area contributed by atoms with E-state index in [1.54, 1.807) is 17.1 Å². The topological polar surface area (TPSA) is 63.9 Å². The third-order valence-corrected chi connectivity index (χ3v) is 4.87. The lowest BCUT2D eigenvalue weighted by atomic mass is 9.96. The summed E-state index contributed by atoms with van der Waals surface area (Å²) < 4.78 is 1.76. The van der Waals surface area contributed by atoms with Crippen molar-refractivity contribution in [2.75, 3.05) is 18.0 Å². The summed E-state index contributed by atoms with van der Waals surface area (Å²) in [6.45, 7) is 4.57. The Morgan fingerprint density at radius 3 is 2.76 bits per heavy atom. The van der Waals surface area contributed by atoms with Gasteiger partial charge in [0.05, 0.1) is 29.1 Å². The smallest absolute Gasteiger partial charge is 0.261 e. The van der Waals surface area contributed by atoms with E-state index in [2.05, 4.69) is 19.9 Å². The first-order valence-electron chi connectivity index (χ1n) is 8.68. The molecule has 0 bridgehead atoms. The van der Waals surface area contributed by atoms with Crippen LogP contribution in [0.4, 0.5) is 5.82 Å². The van der Waals surface area contributed by atoms with Gasteiger partial charge in [0.15, 0.2) is 0 Å². The summed E-state index contributed by atoms with van der Waals surface area (Å²) in [4.78, 5) is 28.1. The van der Waals surface area contributed by atoms with Crippen LogP contribution < -0.4 is 10.5 Å². The molecule has 6 heteroatoms. The summed E-state index contributed by atoms with van der Waals surface area (Å²) in [5, 5.41) is 0.692. The van der Waals surface area contributed by atoms with Gasteiger partial charge in [-0.25, -0.2) is 9.97 Å². The van der Waals surface area contributed by atoms with E-state index in [9.17, 15) is 4.79 Å². The summed E-state index contributed by atoms with van der Waals surface area (Å²) in [5.41, 5.74) is 1.75. The van der Waals surface area contributed by atoms with Crippen LogP contribution >= 0.6 is 0 Å². The second-order valence-electron chi connectivity index (χ2n) is 6.67. The number of fused-ring (bicyclic) bond motifs is 1. The number of aromatic nitrogens is 4. The molecule has 4 rings (SSSR count). The Bertz CT molecular complexity index is 944. The lowest BCUT2D eigenvalue weighted by Gasteiger charge is -2.32. The van der Waals surface area contributed by atoms with Gasteiger partial charge in [-0.05, 0) is 37.8 Å². The minimum Gasteiger partial charge on any atom is -0.355 e. The Labute approximate surface area is 146 Å². The summed E-state index contributed by atoms with van der Waals surface area (Å²) >= 11 is 0. The molecule has 3 heterocycles. The van der Waals surface area contributed by atoms with Crippen molar-refractivity contribution in [3.63, 3.8) is 0 Å². The van der Waals surface area contributed by atoms with Gasteiger partial charge >= 0.3 is 0 Å². The highest BCUT2D eigenvalue weighted by atomic mass is 16.1. The normalized spacial score (nSPS) is 15.6. The van der Waals surface area contributed by atoms with Gasteiger partial charge in [0.25, 0.3) is 5.56 Å². The highest BCUT2D eigenvalue weighted by Gasteiger charge is 2.21. The number of hydrogen-bond donors (Lipinski definition) is 0. The third kappa shape index (κ3) is 3.24. The molecule has 0 atom stereocenters. The molecule has 1 aliphatic rings. The second kappa shape index (κ2) is 6.63. The molecule has 0 saturated carbocycles. The molecular formula is C19H21N5O. The van der Waals surface area contributed by atoms with Crippen molar-refractivity contribution in [3.8, 4) is 0 Å². The number of para-hydroxylation sites is 1. The van der Waals surface area contributed by atoms with Crippen LogP contribution in [-0.2, 0) is 6.54 Å². The molecule has 0 unspecified atom stereocenters. The van der Waals surface area contributed by atoms with E-state index in [0.29, 0.717) is 11.3 Å². The first-order valence-corrected chi connectivity index (χ1v) is 8.68. The first kappa shape index (κ1) is 15.7. The van der Waals surface area contributed by atoms with Crippen LogP contribution in [0.15, 0.2) is 47.8 Å². The first-order chi connectivity index (χ1) is 12.2. The predicted molar refractivity (Wildman–Crippen MR) is 97.7 cm³/mol. The zero-order chi connectivity index (χ0) is 17.2. The molecule has 128 valence electrons. The van der Waals surface area contributed by atoms with Gasteiger partial charge < -0.3 is 4.90 Å².